The van der Waals surface area contributed by atoms with Crippen molar-refractivity contribution in [2.45, 2.75) is 26.2 Å². The molecule has 0 aromatic heterocycles. The second-order valence-corrected chi connectivity index (χ2v) is 3.71. The van der Waals surface area contributed by atoms with Crippen LogP contribution in [-0.4, -0.2) is 5.78 Å². The Labute approximate surface area is 79.5 Å². The van der Waals surface area contributed by atoms with Crippen molar-refractivity contribution in [3.63, 3.8) is 0 Å². The first-order valence-corrected chi connectivity index (χ1v) is 4.72. The van der Waals surface area contributed by atoms with Crippen LogP contribution in [0.3, 0.4) is 0 Å². The van der Waals surface area contributed by atoms with E-state index in [4.69, 9.17) is 0 Å². The van der Waals surface area contributed by atoms with Crippen LogP contribution in [0.5, 0.6) is 0 Å². The number of carbonyl (C=O) groups is 1. The lowest BCUT2D eigenvalue weighted by Crippen LogP contribution is -2.04. The van der Waals surface area contributed by atoms with Gasteiger partial charge in [-0.2, -0.15) is 0 Å². The molecule has 0 N–H and O–H groups in total. The molecule has 1 aliphatic rings. The van der Waals surface area contributed by atoms with E-state index in [0.29, 0.717) is 19.3 Å². The number of hydrogen-bond donors (Lipinski definition) is 0. The quantitative estimate of drug-likeness (QED) is 0.715. The third kappa shape index (κ3) is 2.03. The molecule has 0 saturated heterocycles. The van der Waals surface area contributed by atoms with Crippen LogP contribution in [-0.2, 0) is 4.79 Å². The fourth-order valence-electron chi connectivity index (χ4n) is 1.09. The average molecular weight is 233 g/mol. The Balaban J connectivity index is 2.93. The molecule has 0 heterocycles. The van der Waals surface area contributed by atoms with E-state index in [-0.39, 0.29) is 17.2 Å². The van der Waals surface area contributed by atoms with Gasteiger partial charge < -0.3 is 0 Å². The highest BCUT2D eigenvalue weighted by molar-refractivity contribution is 9.11. The monoisotopic (exact) mass is 232 g/mol. The summed E-state index contributed by atoms with van der Waals surface area (Å²) in [4.78, 5) is 11.2. The van der Waals surface area contributed by atoms with Crippen molar-refractivity contribution in [1.82, 2.24) is 0 Å². The van der Waals surface area contributed by atoms with E-state index in [1.807, 2.05) is 0 Å². The summed E-state index contributed by atoms with van der Waals surface area (Å²) in [6.07, 6.45) is 2.95. The lowest BCUT2D eigenvalue weighted by molar-refractivity contribution is -0.115. The summed E-state index contributed by atoms with van der Waals surface area (Å²) >= 11 is 3.26. The molecule has 0 spiro atoms. The highest BCUT2D eigenvalue weighted by Crippen LogP contribution is 2.28. The largest absolute Gasteiger partial charge is 0.294 e. The molecule has 0 aromatic carbocycles. The van der Waals surface area contributed by atoms with Crippen LogP contribution < -0.4 is 0 Å². The van der Waals surface area contributed by atoms with Crippen LogP contribution in [0.2, 0.25) is 0 Å². The van der Waals surface area contributed by atoms with E-state index < -0.39 is 0 Å². The Morgan fingerprint density at radius 2 is 2.33 bits per heavy atom. The Bertz CT molecular complexity index is 266. The van der Waals surface area contributed by atoms with E-state index in [1.165, 1.54) is 0 Å². The summed E-state index contributed by atoms with van der Waals surface area (Å²) in [5.74, 6) is -0.394. The smallest absolute Gasteiger partial charge is 0.165 e. The van der Waals surface area contributed by atoms with Gasteiger partial charge in [-0.15, -0.1) is 0 Å². The van der Waals surface area contributed by atoms with Crippen LogP contribution in [0.15, 0.2) is 22.0 Å². The maximum atomic E-state index is 13.1. The summed E-state index contributed by atoms with van der Waals surface area (Å²) in [6, 6.07) is 0. The summed E-state index contributed by atoms with van der Waals surface area (Å²) in [5.41, 5.74) is 0.246. The second-order valence-electron chi connectivity index (χ2n) is 2.69. The van der Waals surface area contributed by atoms with Gasteiger partial charge in [0.25, 0.3) is 0 Å². The fraction of sp³-hybridized carbons (Fsp3) is 0.444. The van der Waals surface area contributed by atoms with Crippen molar-refractivity contribution in [3.05, 3.63) is 22.0 Å². The molecule has 0 unspecified atom stereocenters. The molecular formula is C9H10BrFO. The summed E-state index contributed by atoms with van der Waals surface area (Å²) < 4.78 is 14.0. The predicted octanol–water partition coefficient (Wildman–Crippen LogP) is 3.26. The SMILES string of the molecule is CCC(=O)C1=C(F)CCC(Br)=C1. The Morgan fingerprint density at radius 3 is 2.92 bits per heavy atom. The first-order chi connectivity index (χ1) is 5.65. The first kappa shape index (κ1) is 9.65. The van der Waals surface area contributed by atoms with Gasteiger partial charge in [0.05, 0.1) is 0 Å². The van der Waals surface area contributed by atoms with E-state index >= 15 is 0 Å². The van der Waals surface area contributed by atoms with Gasteiger partial charge in [0.2, 0.25) is 0 Å². The van der Waals surface area contributed by atoms with Crippen molar-refractivity contribution < 1.29 is 9.18 Å². The molecule has 1 rings (SSSR count). The molecular weight excluding hydrogens is 223 g/mol. The molecule has 1 aliphatic carbocycles. The summed E-state index contributed by atoms with van der Waals surface area (Å²) in [6.45, 7) is 1.74. The molecule has 66 valence electrons. The molecule has 0 aromatic rings. The minimum Gasteiger partial charge on any atom is -0.294 e. The number of Topliss-reactive ketones (excluding diaryl/α,β-unsaturated/α-hetero) is 1. The lowest BCUT2D eigenvalue weighted by Gasteiger charge is -2.09. The minimum atomic E-state index is -0.273. The Hall–Kier alpha value is -0.440. The second kappa shape index (κ2) is 3.99. The Kier molecular flexibility index (Phi) is 3.20. The van der Waals surface area contributed by atoms with Gasteiger partial charge in [-0.05, 0) is 17.0 Å². The zero-order valence-corrected chi connectivity index (χ0v) is 8.45. The maximum Gasteiger partial charge on any atom is 0.165 e. The molecule has 0 saturated carbocycles. The van der Waals surface area contributed by atoms with Crippen LogP contribution in [0.25, 0.3) is 0 Å². The Morgan fingerprint density at radius 1 is 1.67 bits per heavy atom. The summed E-state index contributed by atoms with van der Waals surface area (Å²) in [5, 5.41) is 0. The standard InChI is InChI=1S/C9H10BrFO/c1-2-9(12)7-5-6(10)3-4-8(7)11/h5H,2-4H2,1H3. The predicted molar refractivity (Wildman–Crippen MR) is 49.7 cm³/mol. The zero-order chi connectivity index (χ0) is 9.14. The van der Waals surface area contributed by atoms with Crippen LogP contribution in [0.1, 0.15) is 26.2 Å². The zero-order valence-electron chi connectivity index (χ0n) is 6.86. The molecule has 0 fully saturated rings. The molecule has 0 amide bonds. The highest BCUT2D eigenvalue weighted by Gasteiger charge is 2.16. The van der Waals surface area contributed by atoms with Crippen molar-refractivity contribution in [2.24, 2.45) is 0 Å². The number of allylic oxidation sites excluding steroid dienone is 4. The summed E-state index contributed by atoms with van der Waals surface area (Å²) in [7, 11) is 0. The minimum absolute atomic E-state index is 0.121. The molecule has 1 nitrogen and oxygen atoms in total. The fourth-order valence-corrected chi connectivity index (χ4v) is 1.52. The van der Waals surface area contributed by atoms with Gasteiger partial charge >= 0.3 is 0 Å². The number of rotatable bonds is 2. The number of halogens is 2. The molecule has 0 radical (unpaired) electrons. The maximum absolute atomic E-state index is 13.1. The molecule has 0 atom stereocenters. The number of ketones is 1. The van der Waals surface area contributed by atoms with Crippen molar-refractivity contribution in [1.29, 1.82) is 0 Å². The van der Waals surface area contributed by atoms with Gasteiger partial charge in [0.15, 0.2) is 5.78 Å². The molecule has 0 bridgehead atoms. The first-order valence-electron chi connectivity index (χ1n) is 3.93. The van der Waals surface area contributed by atoms with Gasteiger partial charge in [-0.3, -0.25) is 4.79 Å². The average Bonchev–Trinajstić information content (AvgIpc) is 2.08. The van der Waals surface area contributed by atoms with Crippen molar-refractivity contribution in [3.8, 4) is 0 Å². The van der Waals surface area contributed by atoms with Crippen LogP contribution in [0, 0.1) is 0 Å². The number of hydrogen-bond acceptors (Lipinski definition) is 1. The van der Waals surface area contributed by atoms with Gasteiger partial charge in [0, 0.05) is 18.4 Å². The molecule has 3 heteroatoms. The van der Waals surface area contributed by atoms with Gasteiger partial charge in [-0.1, -0.05) is 22.9 Å². The van der Waals surface area contributed by atoms with Crippen LogP contribution >= 0.6 is 15.9 Å². The molecule has 12 heavy (non-hydrogen) atoms. The van der Waals surface area contributed by atoms with E-state index in [9.17, 15) is 9.18 Å². The van der Waals surface area contributed by atoms with Gasteiger partial charge in [0.1, 0.15) is 5.83 Å². The van der Waals surface area contributed by atoms with Crippen molar-refractivity contribution in [2.75, 3.05) is 0 Å². The normalized spacial score (nSPS) is 17.8. The van der Waals surface area contributed by atoms with Crippen LogP contribution in [0.4, 0.5) is 4.39 Å². The van der Waals surface area contributed by atoms with E-state index in [0.717, 1.165) is 4.48 Å². The van der Waals surface area contributed by atoms with Crippen molar-refractivity contribution >= 4 is 21.7 Å². The topological polar surface area (TPSA) is 17.1 Å². The van der Waals surface area contributed by atoms with Gasteiger partial charge in [-0.25, -0.2) is 4.39 Å². The number of carbonyl (C=O) groups excluding carboxylic acids is 1. The lowest BCUT2D eigenvalue weighted by atomic mass is 10.0. The third-order valence-corrected chi connectivity index (χ3v) is 2.42. The van der Waals surface area contributed by atoms with E-state index in [2.05, 4.69) is 15.9 Å². The third-order valence-electron chi connectivity index (χ3n) is 1.80. The molecule has 0 aliphatic heterocycles. The van der Waals surface area contributed by atoms with E-state index in [1.54, 1.807) is 13.0 Å². The highest BCUT2D eigenvalue weighted by atomic mass is 79.9.